The van der Waals surface area contributed by atoms with Crippen molar-refractivity contribution in [1.29, 1.82) is 0 Å². The van der Waals surface area contributed by atoms with Crippen molar-refractivity contribution in [2.24, 2.45) is 9.98 Å². The van der Waals surface area contributed by atoms with Gasteiger partial charge in [0.05, 0.1) is 38.3 Å². The van der Waals surface area contributed by atoms with Crippen molar-refractivity contribution in [3.05, 3.63) is 53.3 Å². The summed E-state index contributed by atoms with van der Waals surface area (Å²) in [4.78, 5) is 8.52. The van der Waals surface area contributed by atoms with Crippen LogP contribution in [-0.4, -0.2) is 72.6 Å². The molecule has 2 rings (SSSR count). The van der Waals surface area contributed by atoms with E-state index in [9.17, 15) is 10.2 Å². The van der Waals surface area contributed by atoms with Gasteiger partial charge in [0.2, 0.25) is 0 Å². The van der Waals surface area contributed by atoms with Gasteiger partial charge in [0.25, 0.3) is 0 Å². The molecule has 0 aliphatic heterocycles. The van der Waals surface area contributed by atoms with Crippen LogP contribution in [0.4, 0.5) is 0 Å². The molecule has 10 nitrogen and oxygen atoms in total. The molecule has 17 heteroatoms. The van der Waals surface area contributed by atoms with E-state index in [4.69, 9.17) is 0 Å². The van der Waals surface area contributed by atoms with Crippen molar-refractivity contribution in [2.75, 3.05) is 26.2 Å². The zero-order chi connectivity index (χ0) is 25.7. The number of halogens is 6. The van der Waals surface area contributed by atoms with Crippen molar-refractivity contribution >= 4 is 76.1 Å². The fourth-order valence-corrected chi connectivity index (χ4v) is 5.16. The molecule has 2 aromatic rings. The molecule has 0 bridgehead atoms. The monoisotopic (exact) mass is 924 g/mol. The van der Waals surface area contributed by atoms with Gasteiger partial charge in [-0.1, -0.05) is 75.2 Å². The fourth-order valence-electron chi connectivity index (χ4n) is 2.64. The molecule has 0 unspecified atom stereocenters. The van der Waals surface area contributed by atoms with Crippen LogP contribution < -0.4 is 45.7 Å². The molecule has 0 saturated carbocycles. The van der Waals surface area contributed by atoms with E-state index in [1.165, 1.54) is 0 Å². The Hall–Kier alpha value is 0.134. The molecule has 0 spiro atoms. The summed E-state index contributed by atoms with van der Waals surface area (Å²) < 4.78 is 2.86. The second-order valence-electron chi connectivity index (χ2n) is 8.22. The smallest absolute Gasteiger partial charge is 1.00 e. The van der Waals surface area contributed by atoms with Crippen LogP contribution in [0.3, 0.4) is 0 Å². The average Bonchev–Trinajstić information content (AvgIpc) is 2.74. The Kier molecular flexibility index (Phi) is 43.8. The Labute approximate surface area is 298 Å². The Morgan fingerprint density at radius 1 is 0.659 bits per heavy atom. The van der Waals surface area contributed by atoms with Crippen LogP contribution in [0.1, 0.15) is 38.8 Å². The molecule has 0 aliphatic rings. The third-order valence-corrected chi connectivity index (χ3v) is 6.42. The minimum atomic E-state index is -0.0233. The third-order valence-electron chi connectivity index (χ3n) is 4.33. The SMILES string of the molecule is CC(C)[NH2+]CCN=Cc1cc(Br)cc(Br)c1[O-].CC(C)[NH2+]CCN=Cc1cc(Br)cc(Br)c1[O-].O.O.O.O.[Cl-].[Cl-].[Ni+2]. The average molecular weight is 930 g/mol. The molecule has 0 heterocycles. The summed E-state index contributed by atoms with van der Waals surface area (Å²) in [7, 11) is 0. The van der Waals surface area contributed by atoms with Crippen molar-refractivity contribution in [3.8, 4) is 11.5 Å². The van der Waals surface area contributed by atoms with E-state index in [2.05, 4.69) is 112 Å². The molecule has 0 aromatic heterocycles. The van der Waals surface area contributed by atoms with Gasteiger partial charge in [0.15, 0.2) is 0 Å². The summed E-state index contributed by atoms with van der Waals surface area (Å²) in [6, 6.07) is 8.21. The first-order chi connectivity index (χ1) is 16.0. The van der Waals surface area contributed by atoms with Crippen molar-refractivity contribution in [1.82, 2.24) is 0 Å². The number of rotatable bonds is 10. The van der Waals surface area contributed by atoms with E-state index >= 15 is 0 Å². The summed E-state index contributed by atoms with van der Waals surface area (Å²) in [5, 5.41) is 27.9. The molecule has 244 valence electrons. The maximum Gasteiger partial charge on any atom is 2.00 e. The van der Waals surface area contributed by atoms with E-state index in [0.717, 1.165) is 35.1 Å². The summed E-state index contributed by atoms with van der Waals surface area (Å²) in [5.41, 5.74) is 1.21. The van der Waals surface area contributed by atoms with Crippen LogP contribution in [-0.2, 0) is 16.5 Å². The van der Waals surface area contributed by atoms with Gasteiger partial charge >= 0.3 is 16.5 Å². The topological polar surface area (TPSA) is 230 Å². The van der Waals surface area contributed by atoms with Gasteiger partial charge in [-0.15, -0.1) is 0 Å². The van der Waals surface area contributed by atoms with E-state index in [1.54, 1.807) is 36.7 Å². The zero-order valence-electron chi connectivity index (χ0n) is 22.9. The third kappa shape index (κ3) is 25.2. The van der Waals surface area contributed by atoms with Crippen LogP contribution in [0, 0.1) is 0 Å². The molecule has 2 aromatic carbocycles. The second kappa shape index (κ2) is 31.6. The van der Waals surface area contributed by atoms with E-state index in [1.807, 2.05) is 0 Å². The molecular formula is C24H40Br4Cl2N4NiO6. The van der Waals surface area contributed by atoms with Gasteiger partial charge in [-0.05, 0) is 63.1 Å². The molecule has 12 N–H and O–H groups in total. The number of hydrogen-bond acceptors (Lipinski definition) is 4. The van der Waals surface area contributed by atoms with E-state index in [-0.39, 0.29) is 74.7 Å². The molecular weight excluding hydrogens is 890 g/mol. The molecule has 0 aliphatic carbocycles. The van der Waals surface area contributed by atoms with Crippen LogP contribution in [0.25, 0.3) is 0 Å². The molecule has 0 saturated heterocycles. The first kappa shape index (κ1) is 56.9. The molecule has 41 heavy (non-hydrogen) atoms. The number of benzene rings is 2. The van der Waals surface area contributed by atoms with Gasteiger partial charge in [-0.3, -0.25) is 9.98 Å². The largest absolute Gasteiger partial charge is 2.00 e. The van der Waals surface area contributed by atoms with Crippen LogP contribution in [0.2, 0.25) is 0 Å². The van der Waals surface area contributed by atoms with Crippen LogP contribution in [0.15, 0.2) is 52.1 Å². The van der Waals surface area contributed by atoms with Crippen molar-refractivity contribution in [3.63, 3.8) is 0 Å². The maximum atomic E-state index is 11.7. The number of quaternary nitrogens is 2. The van der Waals surface area contributed by atoms with Gasteiger partial charge in [-0.2, -0.15) is 0 Å². The Morgan fingerprint density at radius 3 is 1.22 bits per heavy atom. The summed E-state index contributed by atoms with van der Waals surface area (Å²) in [6.45, 7) is 11.9. The first-order valence-electron chi connectivity index (χ1n) is 11.0. The normalized spacial score (nSPS) is 9.61. The van der Waals surface area contributed by atoms with Gasteiger partial charge in [0, 0.05) is 30.3 Å². The quantitative estimate of drug-likeness (QED) is 0.135. The minimum Gasteiger partial charge on any atom is -1.00 e. The summed E-state index contributed by atoms with van der Waals surface area (Å²) in [5.74, 6) is -0.0467. The second-order valence-corrected chi connectivity index (χ2v) is 11.8. The molecule has 0 atom stereocenters. The van der Waals surface area contributed by atoms with Gasteiger partial charge in [-0.25, -0.2) is 0 Å². The maximum absolute atomic E-state index is 11.7. The first-order valence-corrected chi connectivity index (χ1v) is 14.2. The molecule has 0 radical (unpaired) electrons. The Balaban J connectivity index is -0.0000000963. The Bertz CT molecular complexity index is 920. The fraction of sp³-hybridized carbons (Fsp3) is 0.417. The number of nitrogens with two attached hydrogens (primary N) is 2. The predicted molar refractivity (Wildman–Crippen MR) is 166 cm³/mol. The van der Waals surface area contributed by atoms with E-state index in [0.29, 0.717) is 32.2 Å². The number of nitrogens with zero attached hydrogens (tertiary/aromatic N) is 2. The summed E-state index contributed by atoms with van der Waals surface area (Å²) >= 11 is 13.2. The minimum absolute atomic E-state index is 0. The molecule has 0 amide bonds. The van der Waals surface area contributed by atoms with Gasteiger partial charge < -0.3 is 67.6 Å². The summed E-state index contributed by atoms with van der Waals surface area (Å²) in [6.07, 6.45) is 3.29. The van der Waals surface area contributed by atoms with Crippen molar-refractivity contribution < 1.29 is 84.1 Å². The number of aliphatic imine (C=N–C) groups is 2. The zero-order valence-corrected chi connectivity index (χ0v) is 31.7. The predicted octanol–water partition coefficient (Wildman–Crippen LogP) is -5.94. The van der Waals surface area contributed by atoms with Crippen LogP contribution in [0.5, 0.6) is 11.5 Å². The van der Waals surface area contributed by atoms with Crippen molar-refractivity contribution in [2.45, 2.75) is 39.8 Å². The Morgan fingerprint density at radius 2 is 0.951 bits per heavy atom. The van der Waals surface area contributed by atoms with Crippen LogP contribution >= 0.6 is 63.7 Å². The van der Waals surface area contributed by atoms with Gasteiger partial charge in [0.1, 0.15) is 0 Å². The van der Waals surface area contributed by atoms with E-state index < -0.39 is 0 Å². The molecule has 0 fully saturated rings. The standard InChI is InChI=1S/2C12H16Br2N2O.2ClH.Ni.4H2O/c2*1-8(2)16-4-3-15-7-9-5-10(13)6-11(14)12(9)17;;;;;;;/h2*5-8,16-17H,3-4H2,1-2H3;2*1H;;4*1H2/q;;;;+2;;;;/p-2. The number of hydrogen-bond donors (Lipinski definition) is 2.